The molecule has 0 aliphatic carbocycles. The maximum atomic E-state index is 11.4. The van der Waals surface area contributed by atoms with Crippen LogP contribution < -0.4 is 4.84 Å². The van der Waals surface area contributed by atoms with Crippen LogP contribution in [0.4, 0.5) is 4.79 Å². The summed E-state index contributed by atoms with van der Waals surface area (Å²) in [5.41, 5.74) is 0.948. The highest BCUT2D eigenvalue weighted by molar-refractivity contribution is 5.97. The van der Waals surface area contributed by atoms with Crippen molar-refractivity contribution in [3.05, 3.63) is 36.0 Å². The summed E-state index contributed by atoms with van der Waals surface area (Å²) in [6.07, 6.45) is 2.88. The monoisotopic (exact) mass is 246 g/mol. The molecule has 1 aromatic rings. The number of amides is 2. The fourth-order valence-corrected chi connectivity index (χ4v) is 1.75. The van der Waals surface area contributed by atoms with Gasteiger partial charge in [-0.3, -0.25) is 4.79 Å². The van der Waals surface area contributed by atoms with Crippen molar-refractivity contribution in [1.29, 1.82) is 0 Å². The van der Waals surface area contributed by atoms with Crippen LogP contribution in [0.25, 0.3) is 6.08 Å². The smallest absolute Gasteiger partial charge is 0.418 e. The van der Waals surface area contributed by atoms with Gasteiger partial charge in [0.05, 0.1) is 0 Å². The van der Waals surface area contributed by atoms with Gasteiger partial charge in [-0.15, -0.1) is 0 Å². The summed E-state index contributed by atoms with van der Waals surface area (Å²) in [7, 11) is 0. The third-order valence-corrected chi connectivity index (χ3v) is 2.68. The van der Waals surface area contributed by atoms with E-state index in [2.05, 4.69) is 4.74 Å². The number of carbonyl (C=O) groups is 2. The van der Waals surface area contributed by atoms with E-state index < -0.39 is 6.09 Å². The molecule has 0 spiro atoms. The predicted octanol–water partition coefficient (Wildman–Crippen LogP) is 1.20. The molecule has 2 amide bonds. The Morgan fingerprint density at radius 3 is 2.83 bits per heavy atom. The van der Waals surface area contributed by atoms with E-state index >= 15 is 0 Å². The average molecular weight is 246 g/mol. The van der Waals surface area contributed by atoms with Gasteiger partial charge in [0.25, 0.3) is 5.91 Å². The van der Waals surface area contributed by atoms with Crippen LogP contribution in [0.15, 0.2) is 30.5 Å². The van der Waals surface area contributed by atoms with Crippen molar-refractivity contribution in [2.24, 2.45) is 0 Å². The number of hydrogen-bond donors (Lipinski definition) is 0. The van der Waals surface area contributed by atoms with Gasteiger partial charge in [-0.05, 0) is 12.1 Å². The Kier molecular flexibility index (Phi) is 2.40. The molecule has 0 unspecified atom stereocenters. The fraction of sp³-hybridized carbons (Fsp3) is 0.167. The quantitative estimate of drug-likeness (QED) is 0.784. The minimum absolute atomic E-state index is 0.0164. The van der Waals surface area contributed by atoms with Gasteiger partial charge in [-0.25, -0.2) is 9.69 Å². The first-order valence-electron chi connectivity index (χ1n) is 5.43. The molecule has 3 rings (SSSR count). The number of fused-ring (bicyclic) bond motifs is 1. The van der Waals surface area contributed by atoms with E-state index in [0.29, 0.717) is 5.75 Å². The maximum Gasteiger partial charge on any atom is 0.418 e. The van der Waals surface area contributed by atoms with Gasteiger partial charge in [0.1, 0.15) is 6.67 Å². The lowest BCUT2D eigenvalue weighted by Gasteiger charge is -2.27. The summed E-state index contributed by atoms with van der Waals surface area (Å²) < 4.78 is 4.62. The van der Waals surface area contributed by atoms with Gasteiger partial charge in [0, 0.05) is 11.8 Å². The van der Waals surface area contributed by atoms with Crippen molar-refractivity contribution in [3.8, 4) is 5.75 Å². The second-order valence-corrected chi connectivity index (χ2v) is 3.88. The molecular weight excluding hydrogens is 236 g/mol. The van der Waals surface area contributed by atoms with Gasteiger partial charge >= 0.3 is 6.09 Å². The topological polar surface area (TPSA) is 59.1 Å². The normalized spacial score (nSPS) is 17.6. The molecule has 1 aromatic carbocycles. The molecule has 18 heavy (non-hydrogen) atoms. The molecule has 0 radical (unpaired) electrons. The van der Waals surface area contributed by atoms with Gasteiger partial charge in [0.2, 0.25) is 0 Å². The first kappa shape index (κ1) is 10.6. The van der Waals surface area contributed by atoms with Crippen LogP contribution in [0, 0.1) is 0 Å². The van der Waals surface area contributed by atoms with Crippen molar-refractivity contribution >= 4 is 18.1 Å². The molecule has 6 heteroatoms. The zero-order valence-corrected chi connectivity index (χ0v) is 9.41. The molecule has 0 bridgehead atoms. The Morgan fingerprint density at radius 2 is 2.06 bits per heavy atom. The summed E-state index contributed by atoms with van der Waals surface area (Å²) in [6, 6.07) is 7.49. The van der Waals surface area contributed by atoms with E-state index in [0.717, 1.165) is 10.5 Å². The Hall–Kier alpha value is -2.50. The molecule has 92 valence electrons. The lowest BCUT2D eigenvalue weighted by Crippen LogP contribution is -2.40. The van der Waals surface area contributed by atoms with Crippen LogP contribution in [0.1, 0.15) is 5.56 Å². The molecule has 0 N–H and O–H groups in total. The minimum Gasteiger partial charge on any atom is -0.439 e. The van der Waals surface area contributed by atoms with E-state index in [9.17, 15) is 9.59 Å². The van der Waals surface area contributed by atoms with Crippen LogP contribution in [-0.4, -0.2) is 35.2 Å². The highest BCUT2D eigenvalue weighted by atomic mass is 16.7. The molecule has 1 saturated heterocycles. The SMILES string of the molecule is O=C1COC(=O)N1CN1C=Cc2ccccc2O1. The van der Waals surface area contributed by atoms with Crippen molar-refractivity contribution < 1.29 is 19.2 Å². The summed E-state index contributed by atoms with van der Waals surface area (Å²) >= 11 is 0. The van der Waals surface area contributed by atoms with E-state index in [4.69, 9.17) is 4.84 Å². The number of hydroxylamine groups is 2. The molecule has 0 aromatic heterocycles. The molecule has 2 aliphatic rings. The fourth-order valence-electron chi connectivity index (χ4n) is 1.75. The number of nitrogens with zero attached hydrogens (tertiary/aromatic N) is 2. The third kappa shape index (κ3) is 1.77. The predicted molar refractivity (Wildman–Crippen MR) is 61.0 cm³/mol. The van der Waals surface area contributed by atoms with Crippen LogP contribution in [0.3, 0.4) is 0 Å². The lowest BCUT2D eigenvalue weighted by molar-refractivity contribution is -0.131. The minimum atomic E-state index is -0.643. The van der Waals surface area contributed by atoms with E-state index in [1.54, 1.807) is 6.20 Å². The van der Waals surface area contributed by atoms with Gasteiger partial charge in [-0.2, -0.15) is 5.06 Å². The standard InChI is InChI=1S/C12H10N2O4/c15-11-7-17-12(16)14(11)8-13-6-5-9-3-1-2-4-10(9)18-13/h1-6H,7-8H2. The number of ether oxygens (including phenoxy) is 1. The number of hydrogen-bond acceptors (Lipinski definition) is 5. The second kappa shape index (κ2) is 4.06. The first-order chi connectivity index (χ1) is 8.74. The van der Waals surface area contributed by atoms with Crippen LogP contribution in [0.2, 0.25) is 0 Å². The van der Waals surface area contributed by atoms with Crippen molar-refractivity contribution in [2.75, 3.05) is 13.3 Å². The summed E-state index contributed by atoms with van der Waals surface area (Å²) in [5, 5.41) is 1.41. The second-order valence-electron chi connectivity index (χ2n) is 3.88. The largest absolute Gasteiger partial charge is 0.439 e. The van der Waals surface area contributed by atoms with E-state index in [1.165, 1.54) is 5.06 Å². The van der Waals surface area contributed by atoms with E-state index in [-0.39, 0.29) is 19.2 Å². The number of rotatable bonds is 2. The molecular formula is C12H10N2O4. The maximum absolute atomic E-state index is 11.4. The number of para-hydroxylation sites is 1. The van der Waals surface area contributed by atoms with Gasteiger partial charge in [0.15, 0.2) is 12.4 Å². The van der Waals surface area contributed by atoms with Crippen molar-refractivity contribution in [2.45, 2.75) is 0 Å². The number of cyclic esters (lactones) is 1. The van der Waals surface area contributed by atoms with Crippen LogP contribution >= 0.6 is 0 Å². The highest BCUT2D eigenvalue weighted by Gasteiger charge is 2.32. The van der Waals surface area contributed by atoms with E-state index in [1.807, 2.05) is 30.3 Å². The average Bonchev–Trinajstić information content (AvgIpc) is 2.70. The number of benzene rings is 1. The highest BCUT2D eigenvalue weighted by Crippen LogP contribution is 2.25. The molecule has 1 fully saturated rings. The van der Waals surface area contributed by atoms with Crippen molar-refractivity contribution in [3.63, 3.8) is 0 Å². The molecule has 2 aliphatic heterocycles. The molecule has 6 nitrogen and oxygen atoms in total. The molecule has 0 atom stereocenters. The van der Waals surface area contributed by atoms with Crippen molar-refractivity contribution in [1.82, 2.24) is 9.96 Å². The Morgan fingerprint density at radius 1 is 1.22 bits per heavy atom. The Balaban J connectivity index is 1.74. The third-order valence-electron chi connectivity index (χ3n) is 2.68. The van der Waals surface area contributed by atoms with Crippen LogP contribution in [-0.2, 0) is 9.53 Å². The number of carbonyl (C=O) groups excluding carboxylic acids is 2. The number of imide groups is 1. The lowest BCUT2D eigenvalue weighted by atomic mass is 10.2. The summed E-state index contributed by atoms with van der Waals surface area (Å²) in [5.74, 6) is 0.316. The zero-order valence-electron chi connectivity index (χ0n) is 9.41. The molecule has 0 saturated carbocycles. The molecule has 2 heterocycles. The van der Waals surface area contributed by atoms with Gasteiger partial charge < -0.3 is 9.57 Å². The first-order valence-corrected chi connectivity index (χ1v) is 5.43. The zero-order chi connectivity index (χ0) is 12.5. The summed E-state index contributed by atoms with van der Waals surface area (Å²) in [4.78, 5) is 29.2. The van der Waals surface area contributed by atoms with Gasteiger partial charge in [-0.1, -0.05) is 18.2 Å². The Labute approximate surface area is 103 Å². The van der Waals surface area contributed by atoms with Crippen LogP contribution in [0.5, 0.6) is 5.75 Å². The summed E-state index contributed by atoms with van der Waals surface area (Å²) in [6.45, 7) is -0.185. The Bertz CT molecular complexity index is 525.